The molecule has 17 heavy (non-hydrogen) atoms. The molecule has 0 aromatic heterocycles. The van der Waals surface area contributed by atoms with Crippen molar-refractivity contribution in [3.05, 3.63) is 0 Å². The molecule has 1 unspecified atom stereocenters. The van der Waals surface area contributed by atoms with Crippen molar-refractivity contribution >= 4 is 24.2 Å². The standard InChI is InChI=1S/C11H23N3O2.ClH/c1-8(2)13-10(15)7-14(4)11(16)6-5-9(3)12;/h8-9H,5-7,12H2,1-4H3,(H,13,15);1H. The Kier molecular flexibility index (Phi) is 10.1. The Morgan fingerprint density at radius 1 is 1.29 bits per heavy atom. The van der Waals surface area contributed by atoms with Crippen LogP contribution in [-0.2, 0) is 9.59 Å². The first kappa shape index (κ1) is 18.6. The van der Waals surface area contributed by atoms with E-state index < -0.39 is 0 Å². The van der Waals surface area contributed by atoms with Gasteiger partial charge in [0, 0.05) is 25.6 Å². The Balaban J connectivity index is 0. The molecular formula is C11H24ClN3O2. The summed E-state index contributed by atoms with van der Waals surface area (Å²) < 4.78 is 0. The Morgan fingerprint density at radius 3 is 2.24 bits per heavy atom. The van der Waals surface area contributed by atoms with Crippen molar-refractivity contribution < 1.29 is 9.59 Å². The van der Waals surface area contributed by atoms with Gasteiger partial charge in [0.2, 0.25) is 11.8 Å². The fourth-order valence-electron chi connectivity index (χ4n) is 1.21. The third-order valence-electron chi connectivity index (χ3n) is 2.07. The van der Waals surface area contributed by atoms with E-state index in [0.717, 1.165) is 0 Å². The molecule has 0 aliphatic carbocycles. The lowest BCUT2D eigenvalue weighted by Crippen LogP contribution is -2.41. The zero-order valence-corrected chi connectivity index (χ0v) is 11.8. The number of rotatable bonds is 6. The zero-order valence-electron chi connectivity index (χ0n) is 11.0. The van der Waals surface area contributed by atoms with Gasteiger partial charge in [-0.25, -0.2) is 0 Å². The van der Waals surface area contributed by atoms with Crippen LogP contribution < -0.4 is 11.1 Å². The van der Waals surface area contributed by atoms with E-state index in [2.05, 4.69) is 5.32 Å². The van der Waals surface area contributed by atoms with Crippen LogP contribution in [0.2, 0.25) is 0 Å². The van der Waals surface area contributed by atoms with Crippen molar-refractivity contribution in [2.45, 2.75) is 45.7 Å². The van der Waals surface area contributed by atoms with E-state index in [-0.39, 0.29) is 42.8 Å². The van der Waals surface area contributed by atoms with E-state index in [0.29, 0.717) is 12.8 Å². The summed E-state index contributed by atoms with van der Waals surface area (Å²) in [5.74, 6) is -0.178. The molecule has 0 saturated carbocycles. The lowest BCUT2D eigenvalue weighted by atomic mass is 10.2. The number of halogens is 1. The molecule has 0 radical (unpaired) electrons. The minimum atomic E-state index is -0.133. The predicted molar refractivity (Wildman–Crippen MR) is 71.0 cm³/mol. The number of nitrogens with two attached hydrogens (primary N) is 1. The monoisotopic (exact) mass is 265 g/mol. The molecule has 0 rings (SSSR count). The lowest BCUT2D eigenvalue weighted by molar-refractivity contribution is -0.135. The van der Waals surface area contributed by atoms with Crippen LogP contribution in [0.5, 0.6) is 0 Å². The molecule has 1 atom stereocenters. The number of nitrogens with zero attached hydrogens (tertiary/aromatic N) is 1. The van der Waals surface area contributed by atoms with Crippen molar-refractivity contribution in [3.63, 3.8) is 0 Å². The number of hydrogen-bond donors (Lipinski definition) is 2. The van der Waals surface area contributed by atoms with Crippen LogP contribution in [0.3, 0.4) is 0 Å². The van der Waals surface area contributed by atoms with Gasteiger partial charge in [-0.1, -0.05) is 0 Å². The first-order valence-corrected chi connectivity index (χ1v) is 5.61. The summed E-state index contributed by atoms with van der Waals surface area (Å²) in [4.78, 5) is 24.4. The largest absolute Gasteiger partial charge is 0.352 e. The first-order valence-electron chi connectivity index (χ1n) is 5.61. The van der Waals surface area contributed by atoms with Crippen molar-refractivity contribution in [1.29, 1.82) is 0 Å². The quantitative estimate of drug-likeness (QED) is 0.735. The number of carbonyl (C=O) groups is 2. The molecule has 0 aliphatic rings. The summed E-state index contributed by atoms with van der Waals surface area (Å²) in [7, 11) is 1.63. The number of hydrogen-bond acceptors (Lipinski definition) is 3. The van der Waals surface area contributed by atoms with E-state index in [1.165, 1.54) is 4.90 Å². The van der Waals surface area contributed by atoms with Crippen LogP contribution in [0.25, 0.3) is 0 Å². The van der Waals surface area contributed by atoms with Crippen LogP contribution in [0, 0.1) is 0 Å². The molecule has 0 aromatic rings. The highest BCUT2D eigenvalue weighted by atomic mass is 35.5. The highest BCUT2D eigenvalue weighted by Gasteiger charge is 2.13. The van der Waals surface area contributed by atoms with Crippen molar-refractivity contribution in [3.8, 4) is 0 Å². The molecule has 0 heterocycles. The summed E-state index contributed by atoms with van der Waals surface area (Å²) in [6.45, 7) is 5.74. The SMILES string of the molecule is CC(N)CCC(=O)N(C)CC(=O)NC(C)C.Cl. The summed E-state index contributed by atoms with van der Waals surface area (Å²) in [6, 6.07) is 0.113. The van der Waals surface area contributed by atoms with Crippen molar-refractivity contribution in [2.75, 3.05) is 13.6 Å². The van der Waals surface area contributed by atoms with Gasteiger partial charge in [-0.2, -0.15) is 0 Å². The van der Waals surface area contributed by atoms with Crippen molar-refractivity contribution in [1.82, 2.24) is 10.2 Å². The molecule has 3 N–H and O–H groups in total. The van der Waals surface area contributed by atoms with Crippen molar-refractivity contribution in [2.24, 2.45) is 5.73 Å². The smallest absolute Gasteiger partial charge is 0.239 e. The second-order valence-electron chi connectivity index (χ2n) is 4.49. The number of nitrogens with one attached hydrogen (secondary N) is 1. The molecule has 0 aliphatic heterocycles. The van der Waals surface area contributed by atoms with Crippen LogP contribution >= 0.6 is 12.4 Å². The molecule has 0 bridgehead atoms. The van der Waals surface area contributed by atoms with Gasteiger partial charge < -0.3 is 16.0 Å². The minimum absolute atomic E-state index is 0. The highest BCUT2D eigenvalue weighted by molar-refractivity contribution is 5.85. The maximum atomic E-state index is 11.6. The van der Waals surface area contributed by atoms with Crippen LogP contribution in [0.4, 0.5) is 0 Å². The van der Waals surface area contributed by atoms with Gasteiger partial charge in [0.1, 0.15) is 0 Å². The molecule has 6 heteroatoms. The molecular weight excluding hydrogens is 242 g/mol. The van der Waals surface area contributed by atoms with E-state index in [1.54, 1.807) is 7.05 Å². The fourth-order valence-corrected chi connectivity index (χ4v) is 1.21. The summed E-state index contributed by atoms with van der Waals surface area (Å²) in [6.07, 6.45) is 1.04. The molecule has 102 valence electrons. The highest BCUT2D eigenvalue weighted by Crippen LogP contribution is 1.98. The third kappa shape index (κ3) is 10.1. The van der Waals surface area contributed by atoms with E-state index in [1.807, 2.05) is 20.8 Å². The van der Waals surface area contributed by atoms with Gasteiger partial charge in [0.15, 0.2) is 0 Å². The Bertz CT molecular complexity index is 245. The average molecular weight is 266 g/mol. The van der Waals surface area contributed by atoms with Crippen LogP contribution in [0.15, 0.2) is 0 Å². The van der Waals surface area contributed by atoms with Gasteiger partial charge in [0.25, 0.3) is 0 Å². The average Bonchev–Trinajstić information content (AvgIpc) is 2.12. The fraction of sp³-hybridized carbons (Fsp3) is 0.818. The minimum Gasteiger partial charge on any atom is -0.352 e. The summed E-state index contributed by atoms with van der Waals surface area (Å²) >= 11 is 0. The number of likely N-dealkylation sites (N-methyl/N-ethyl adjacent to an activating group) is 1. The lowest BCUT2D eigenvalue weighted by Gasteiger charge is -2.18. The Hall–Kier alpha value is -0.810. The topological polar surface area (TPSA) is 75.4 Å². The van der Waals surface area contributed by atoms with Gasteiger partial charge in [-0.15, -0.1) is 12.4 Å². The maximum Gasteiger partial charge on any atom is 0.239 e. The summed E-state index contributed by atoms with van der Waals surface area (Å²) in [5, 5.41) is 2.74. The Morgan fingerprint density at radius 2 is 1.82 bits per heavy atom. The maximum absolute atomic E-state index is 11.6. The van der Waals surface area contributed by atoms with Gasteiger partial charge in [-0.3, -0.25) is 9.59 Å². The van der Waals surface area contributed by atoms with E-state index >= 15 is 0 Å². The van der Waals surface area contributed by atoms with Gasteiger partial charge in [-0.05, 0) is 27.2 Å². The number of carbonyl (C=O) groups excluding carboxylic acids is 2. The first-order chi connectivity index (χ1) is 7.32. The van der Waals surface area contributed by atoms with Gasteiger partial charge >= 0.3 is 0 Å². The second-order valence-corrected chi connectivity index (χ2v) is 4.49. The predicted octanol–water partition coefficient (Wildman–Crippen LogP) is 0.519. The van der Waals surface area contributed by atoms with Crippen LogP contribution in [-0.4, -0.2) is 42.4 Å². The molecule has 5 nitrogen and oxygen atoms in total. The molecule has 0 saturated heterocycles. The molecule has 0 spiro atoms. The van der Waals surface area contributed by atoms with E-state index in [9.17, 15) is 9.59 Å². The third-order valence-corrected chi connectivity index (χ3v) is 2.07. The number of amides is 2. The van der Waals surface area contributed by atoms with Crippen LogP contribution in [0.1, 0.15) is 33.6 Å². The Labute approximate surface area is 110 Å². The molecule has 0 fully saturated rings. The second kappa shape index (κ2) is 9.24. The zero-order chi connectivity index (χ0) is 12.7. The van der Waals surface area contributed by atoms with E-state index in [4.69, 9.17) is 5.73 Å². The normalized spacial score (nSPS) is 11.6. The molecule has 2 amide bonds. The molecule has 0 aromatic carbocycles. The summed E-state index contributed by atoms with van der Waals surface area (Å²) in [5.41, 5.74) is 5.56. The van der Waals surface area contributed by atoms with Gasteiger partial charge in [0.05, 0.1) is 6.54 Å².